The first-order valence-electron chi connectivity index (χ1n) is 8.24. The molecule has 1 heterocycles. The van der Waals surface area contributed by atoms with E-state index in [2.05, 4.69) is 0 Å². The Morgan fingerprint density at radius 2 is 1.62 bits per heavy atom. The van der Waals surface area contributed by atoms with Crippen LogP contribution in [0.4, 0.5) is 10.1 Å². The van der Waals surface area contributed by atoms with Crippen molar-refractivity contribution in [3.05, 3.63) is 99.8 Å². The largest absolute Gasteiger partial charge is 0.257 e. The molecule has 0 saturated carbocycles. The molecule has 0 aromatic heterocycles. The minimum absolute atomic E-state index is 0.0192. The molecule has 1 atom stereocenters. The van der Waals surface area contributed by atoms with Gasteiger partial charge in [-0.15, -0.1) is 0 Å². The highest BCUT2D eigenvalue weighted by molar-refractivity contribution is 6.31. The quantitative estimate of drug-likeness (QED) is 0.503. The van der Waals surface area contributed by atoms with Crippen LogP contribution in [0.3, 0.4) is 0 Å². The van der Waals surface area contributed by atoms with Crippen molar-refractivity contribution in [2.45, 2.75) is 12.5 Å². The molecule has 4 rings (SSSR count). The van der Waals surface area contributed by atoms with E-state index in [-0.39, 0.29) is 11.9 Å². The lowest BCUT2D eigenvalue weighted by Crippen LogP contribution is -2.18. The maximum atomic E-state index is 13.3. The molecular formula is C21H15Cl2FN2. The molecule has 1 aliphatic rings. The summed E-state index contributed by atoms with van der Waals surface area (Å²) in [5.74, 6) is -0.256. The Bertz CT molecular complexity index is 953. The van der Waals surface area contributed by atoms with Crippen LogP contribution in [0.25, 0.3) is 0 Å². The smallest absolute Gasteiger partial charge is 0.123 e. The second-order valence-electron chi connectivity index (χ2n) is 6.15. The molecule has 0 saturated heterocycles. The number of hydrazone groups is 1. The molecule has 3 aromatic rings. The fourth-order valence-corrected chi connectivity index (χ4v) is 3.44. The Kier molecular flexibility index (Phi) is 4.66. The summed E-state index contributed by atoms with van der Waals surface area (Å²) in [6.45, 7) is 0. The molecule has 1 unspecified atom stereocenters. The highest BCUT2D eigenvalue weighted by Crippen LogP contribution is 2.37. The summed E-state index contributed by atoms with van der Waals surface area (Å²) >= 11 is 12.2. The highest BCUT2D eigenvalue weighted by atomic mass is 35.5. The molecular weight excluding hydrogens is 370 g/mol. The third kappa shape index (κ3) is 3.46. The third-order valence-electron chi connectivity index (χ3n) is 4.42. The van der Waals surface area contributed by atoms with Crippen molar-refractivity contribution >= 4 is 34.6 Å². The standard InChI is InChI=1S/C21H15Cl2FN2/c22-16-8-4-15(5-9-16)21-13-20(14-6-10-18(24)11-7-14)25-26(21)19-3-1-2-17(23)12-19/h1-12,21H,13H2. The van der Waals surface area contributed by atoms with E-state index in [0.29, 0.717) is 16.5 Å². The van der Waals surface area contributed by atoms with Crippen LogP contribution in [0, 0.1) is 5.82 Å². The van der Waals surface area contributed by atoms with Crippen molar-refractivity contribution in [2.24, 2.45) is 5.10 Å². The minimum atomic E-state index is -0.256. The maximum absolute atomic E-state index is 13.3. The zero-order valence-electron chi connectivity index (χ0n) is 13.7. The summed E-state index contributed by atoms with van der Waals surface area (Å²) in [7, 11) is 0. The number of anilines is 1. The summed E-state index contributed by atoms with van der Waals surface area (Å²) in [5.41, 5.74) is 3.84. The van der Waals surface area contributed by atoms with Crippen LogP contribution in [-0.2, 0) is 0 Å². The van der Waals surface area contributed by atoms with Crippen molar-refractivity contribution in [1.29, 1.82) is 0 Å². The lowest BCUT2D eigenvalue weighted by molar-refractivity contribution is 0.627. The lowest BCUT2D eigenvalue weighted by Gasteiger charge is -2.24. The first-order chi connectivity index (χ1) is 12.6. The van der Waals surface area contributed by atoms with E-state index >= 15 is 0 Å². The Morgan fingerprint density at radius 3 is 2.31 bits per heavy atom. The molecule has 2 nitrogen and oxygen atoms in total. The van der Waals surface area contributed by atoms with Crippen molar-refractivity contribution < 1.29 is 4.39 Å². The van der Waals surface area contributed by atoms with E-state index in [1.807, 2.05) is 53.5 Å². The van der Waals surface area contributed by atoms with E-state index in [0.717, 1.165) is 22.5 Å². The van der Waals surface area contributed by atoms with Gasteiger partial charge in [0, 0.05) is 16.5 Å². The number of benzene rings is 3. The van der Waals surface area contributed by atoms with Crippen LogP contribution in [0.5, 0.6) is 0 Å². The summed E-state index contributed by atoms with van der Waals surface area (Å²) in [6, 6.07) is 21.8. The maximum Gasteiger partial charge on any atom is 0.123 e. The van der Waals surface area contributed by atoms with E-state index in [9.17, 15) is 4.39 Å². The highest BCUT2D eigenvalue weighted by Gasteiger charge is 2.30. The van der Waals surface area contributed by atoms with Gasteiger partial charge in [0.1, 0.15) is 5.82 Å². The zero-order valence-corrected chi connectivity index (χ0v) is 15.3. The molecule has 0 fully saturated rings. The van der Waals surface area contributed by atoms with Crippen LogP contribution in [0.1, 0.15) is 23.6 Å². The Hall–Kier alpha value is -2.36. The van der Waals surface area contributed by atoms with Gasteiger partial charge in [0.2, 0.25) is 0 Å². The van der Waals surface area contributed by atoms with Gasteiger partial charge in [-0.05, 0) is 53.6 Å². The van der Waals surface area contributed by atoms with Gasteiger partial charge in [0.05, 0.1) is 17.4 Å². The Balaban J connectivity index is 1.75. The van der Waals surface area contributed by atoms with E-state index in [1.165, 1.54) is 12.1 Å². The summed E-state index contributed by atoms with van der Waals surface area (Å²) in [4.78, 5) is 0. The predicted molar refractivity (Wildman–Crippen MR) is 106 cm³/mol. The fourth-order valence-electron chi connectivity index (χ4n) is 3.13. The normalized spacial score (nSPS) is 16.7. The number of hydrogen-bond acceptors (Lipinski definition) is 2. The van der Waals surface area contributed by atoms with Gasteiger partial charge in [-0.3, -0.25) is 5.01 Å². The van der Waals surface area contributed by atoms with Gasteiger partial charge in [0.25, 0.3) is 0 Å². The van der Waals surface area contributed by atoms with Gasteiger partial charge >= 0.3 is 0 Å². The summed E-state index contributed by atoms with van der Waals surface area (Å²) in [6.07, 6.45) is 0.708. The monoisotopic (exact) mass is 384 g/mol. The van der Waals surface area contributed by atoms with Crippen LogP contribution in [0.2, 0.25) is 10.0 Å². The van der Waals surface area contributed by atoms with E-state index in [4.69, 9.17) is 28.3 Å². The first-order valence-corrected chi connectivity index (χ1v) is 8.99. The molecule has 0 spiro atoms. The number of halogens is 3. The van der Waals surface area contributed by atoms with Crippen molar-refractivity contribution in [1.82, 2.24) is 0 Å². The average molecular weight is 385 g/mol. The van der Waals surface area contributed by atoms with Gasteiger partial charge < -0.3 is 0 Å². The van der Waals surface area contributed by atoms with Crippen LogP contribution >= 0.6 is 23.2 Å². The van der Waals surface area contributed by atoms with Crippen LogP contribution in [0.15, 0.2) is 77.9 Å². The molecule has 3 aromatic carbocycles. The van der Waals surface area contributed by atoms with E-state index < -0.39 is 0 Å². The summed E-state index contributed by atoms with van der Waals surface area (Å²) < 4.78 is 13.3. The SMILES string of the molecule is Fc1ccc(C2=NN(c3cccc(Cl)c3)C(c3ccc(Cl)cc3)C2)cc1. The molecule has 0 amide bonds. The second-order valence-corrected chi connectivity index (χ2v) is 7.02. The molecule has 1 aliphatic heterocycles. The Morgan fingerprint density at radius 1 is 0.885 bits per heavy atom. The van der Waals surface area contributed by atoms with Crippen molar-refractivity contribution in [3.8, 4) is 0 Å². The third-order valence-corrected chi connectivity index (χ3v) is 4.90. The number of rotatable bonds is 3. The van der Waals surface area contributed by atoms with Gasteiger partial charge in [0.15, 0.2) is 0 Å². The molecule has 0 aliphatic carbocycles. The van der Waals surface area contributed by atoms with Gasteiger partial charge in [-0.2, -0.15) is 5.10 Å². The van der Waals surface area contributed by atoms with Crippen LogP contribution < -0.4 is 5.01 Å². The minimum Gasteiger partial charge on any atom is -0.257 e. The zero-order chi connectivity index (χ0) is 18.1. The molecule has 130 valence electrons. The Labute approximate surface area is 161 Å². The topological polar surface area (TPSA) is 15.6 Å². The van der Waals surface area contributed by atoms with Crippen molar-refractivity contribution in [2.75, 3.05) is 5.01 Å². The molecule has 0 bridgehead atoms. The molecule has 26 heavy (non-hydrogen) atoms. The summed E-state index contributed by atoms with van der Waals surface area (Å²) in [5, 5.41) is 8.13. The second kappa shape index (κ2) is 7.10. The lowest BCUT2D eigenvalue weighted by atomic mass is 9.98. The molecule has 0 radical (unpaired) electrons. The average Bonchev–Trinajstić information content (AvgIpc) is 3.08. The predicted octanol–water partition coefficient (Wildman–Crippen LogP) is 6.49. The first kappa shape index (κ1) is 17.1. The number of nitrogens with zero attached hydrogens (tertiary/aromatic N) is 2. The van der Waals surface area contributed by atoms with E-state index in [1.54, 1.807) is 12.1 Å². The van der Waals surface area contributed by atoms with Gasteiger partial charge in [-0.1, -0.05) is 53.5 Å². The van der Waals surface area contributed by atoms with Gasteiger partial charge in [-0.25, -0.2) is 4.39 Å². The molecule has 0 N–H and O–H groups in total. The number of hydrogen-bond donors (Lipinski definition) is 0. The van der Waals surface area contributed by atoms with Crippen LogP contribution in [-0.4, -0.2) is 5.71 Å². The fraction of sp³-hybridized carbons (Fsp3) is 0.0952. The van der Waals surface area contributed by atoms with Crippen molar-refractivity contribution in [3.63, 3.8) is 0 Å². The molecule has 5 heteroatoms.